The van der Waals surface area contributed by atoms with Crippen molar-refractivity contribution in [2.75, 3.05) is 46.4 Å². The molecular formula is C21H33N7O6. The number of carboxylic acid groups (broad SMARTS) is 2. The van der Waals surface area contributed by atoms with E-state index in [9.17, 15) is 0 Å². The summed E-state index contributed by atoms with van der Waals surface area (Å²) in [5.74, 6) is 0.728. The number of likely N-dealkylation sites (tertiary alicyclic amines) is 1. The first-order valence-corrected chi connectivity index (χ1v) is 10.9. The van der Waals surface area contributed by atoms with E-state index in [1.54, 1.807) is 19.8 Å². The highest BCUT2D eigenvalue weighted by Gasteiger charge is 2.39. The maximum atomic E-state index is 8.36. The van der Waals surface area contributed by atoms with Gasteiger partial charge in [-0.15, -0.1) is 10.2 Å². The Labute approximate surface area is 198 Å². The highest BCUT2D eigenvalue weighted by atomic mass is 16.5. The lowest BCUT2D eigenvalue weighted by atomic mass is 9.89. The minimum atomic E-state index is -0.250. The van der Waals surface area contributed by atoms with Gasteiger partial charge in [-0.25, -0.2) is 9.97 Å². The van der Waals surface area contributed by atoms with Crippen molar-refractivity contribution in [2.24, 2.45) is 0 Å². The number of hydrogen-bond acceptors (Lipinski definition) is 10. The van der Waals surface area contributed by atoms with Gasteiger partial charge in [0, 0.05) is 70.9 Å². The molecule has 2 N–H and O–H groups in total. The first-order valence-electron chi connectivity index (χ1n) is 10.9. The molecule has 188 valence electrons. The smallest absolute Gasteiger partial charge is 0.290 e. The molecule has 13 heteroatoms. The second-order valence-corrected chi connectivity index (χ2v) is 7.93. The highest BCUT2D eigenvalue weighted by Crippen LogP contribution is 2.30. The third-order valence-electron chi connectivity index (χ3n) is 5.67. The number of hydrogen-bond donors (Lipinski definition) is 2. The first-order chi connectivity index (χ1) is 16.6. The van der Waals surface area contributed by atoms with Gasteiger partial charge in [-0.2, -0.15) is 0 Å². The van der Waals surface area contributed by atoms with E-state index in [0.29, 0.717) is 6.61 Å². The molecule has 4 rings (SSSR count). The van der Waals surface area contributed by atoms with Gasteiger partial charge in [-0.1, -0.05) is 0 Å². The average molecular weight is 480 g/mol. The van der Waals surface area contributed by atoms with Gasteiger partial charge in [0.2, 0.25) is 0 Å². The van der Waals surface area contributed by atoms with Crippen molar-refractivity contribution in [1.82, 2.24) is 34.5 Å². The Kier molecular flexibility index (Phi) is 12.0. The molecular weight excluding hydrogens is 446 g/mol. The van der Waals surface area contributed by atoms with Crippen LogP contribution in [-0.4, -0.2) is 110 Å². The quantitative estimate of drug-likeness (QED) is 0.513. The summed E-state index contributed by atoms with van der Waals surface area (Å²) in [4.78, 5) is 30.4. The van der Waals surface area contributed by atoms with Crippen molar-refractivity contribution in [3.8, 4) is 0 Å². The molecule has 0 aliphatic carbocycles. The van der Waals surface area contributed by atoms with Crippen LogP contribution in [0.1, 0.15) is 24.2 Å². The van der Waals surface area contributed by atoms with Crippen molar-refractivity contribution in [3.05, 3.63) is 36.4 Å². The average Bonchev–Trinajstić information content (AvgIpc) is 3.36. The number of methoxy groups -OCH3 is 1. The van der Waals surface area contributed by atoms with Crippen LogP contribution < -0.4 is 0 Å². The van der Waals surface area contributed by atoms with Crippen LogP contribution in [0.2, 0.25) is 0 Å². The zero-order chi connectivity index (χ0) is 24.7. The standard InChI is InChI=1S/C19H29N7O2.2CH2O2/c1-27-13-18-20-10-17(11-21-18)12-24-4-2-19(3-5-24)14-25(8-9-28-19)6-7-26-15-22-23-16-26;2*2-1-3/h10-11,15-16H,2-9,12-14H2,1H3;2*1H,(H,2,3). The maximum absolute atomic E-state index is 8.36. The Bertz CT molecular complexity index is 808. The van der Waals surface area contributed by atoms with Crippen LogP contribution in [0.5, 0.6) is 0 Å². The normalized spacial score (nSPS) is 17.7. The molecule has 0 radical (unpaired) electrons. The fourth-order valence-electron chi connectivity index (χ4n) is 4.05. The fraction of sp³-hybridized carbons (Fsp3) is 0.619. The molecule has 2 fully saturated rings. The van der Waals surface area contributed by atoms with E-state index in [1.807, 2.05) is 17.0 Å². The fourth-order valence-corrected chi connectivity index (χ4v) is 4.05. The summed E-state index contributed by atoms with van der Waals surface area (Å²) in [6.45, 7) is 7.69. The molecule has 2 aromatic heterocycles. The second kappa shape index (κ2) is 15.0. The monoisotopic (exact) mass is 479 g/mol. The molecule has 13 nitrogen and oxygen atoms in total. The summed E-state index contributed by atoms with van der Waals surface area (Å²) < 4.78 is 13.4. The Morgan fingerprint density at radius 1 is 1.03 bits per heavy atom. The van der Waals surface area contributed by atoms with E-state index in [4.69, 9.17) is 29.3 Å². The van der Waals surface area contributed by atoms with Crippen LogP contribution in [0, 0.1) is 0 Å². The number of nitrogens with zero attached hydrogens (tertiary/aromatic N) is 7. The van der Waals surface area contributed by atoms with Gasteiger partial charge in [-0.3, -0.25) is 19.4 Å². The maximum Gasteiger partial charge on any atom is 0.290 e. The minimum absolute atomic E-state index is 0.000754. The molecule has 0 aromatic carbocycles. The number of carbonyl (C=O) groups is 2. The number of rotatable bonds is 7. The molecule has 1 spiro atoms. The second-order valence-electron chi connectivity index (χ2n) is 7.93. The third-order valence-corrected chi connectivity index (χ3v) is 5.67. The molecule has 2 saturated heterocycles. The highest BCUT2D eigenvalue weighted by molar-refractivity contribution is 5.33. The van der Waals surface area contributed by atoms with Crippen LogP contribution >= 0.6 is 0 Å². The molecule has 34 heavy (non-hydrogen) atoms. The van der Waals surface area contributed by atoms with E-state index >= 15 is 0 Å². The number of morpholine rings is 1. The molecule has 2 aromatic rings. The molecule has 2 aliphatic rings. The topological polar surface area (TPSA) is 156 Å². The van der Waals surface area contributed by atoms with E-state index in [0.717, 1.165) is 76.6 Å². The van der Waals surface area contributed by atoms with Crippen LogP contribution in [-0.2, 0) is 38.8 Å². The number of aromatic nitrogens is 5. The zero-order valence-corrected chi connectivity index (χ0v) is 19.4. The van der Waals surface area contributed by atoms with Crippen molar-refractivity contribution in [1.29, 1.82) is 0 Å². The predicted octanol–water partition coefficient (Wildman–Crippen LogP) is -0.0169. The van der Waals surface area contributed by atoms with Gasteiger partial charge in [-0.05, 0) is 12.8 Å². The van der Waals surface area contributed by atoms with Gasteiger partial charge >= 0.3 is 0 Å². The Morgan fingerprint density at radius 2 is 1.65 bits per heavy atom. The van der Waals surface area contributed by atoms with Crippen LogP contribution in [0.15, 0.2) is 25.0 Å². The van der Waals surface area contributed by atoms with Crippen LogP contribution in [0.3, 0.4) is 0 Å². The summed E-state index contributed by atoms with van der Waals surface area (Å²) in [7, 11) is 1.66. The SMILES string of the molecule is COCc1ncc(CN2CCC3(CC2)CN(CCn2cnnc2)CCO3)cn1.O=CO.O=CO. The number of piperidine rings is 1. The van der Waals surface area contributed by atoms with Gasteiger partial charge in [0.05, 0.1) is 12.2 Å². The van der Waals surface area contributed by atoms with E-state index in [2.05, 4.69) is 30.0 Å². The lowest BCUT2D eigenvalue weighted by Crippen LogP contribution is -2.57. The lowest BCUT2D eigenvalue weighted by molar-refractivity contribution is -0.136. The van der Waals surface area contributed by atoms with Crippen molar-refractivity contribution in [2.45, 2.75) is 38.1 Å². The zero-order valence-electron chi connectivity index (χ0n) is 19.4. The van der Waals surface area contributed by atoms with E-state index in [-0.39, 0.29) is 18.5 Å². The molecule has 4 heterocycles. The van der Waals surface area contributed by atoms with Gasteiger partial charge in [0.25, 0.3) is 12.9 Å². The van der Waals surface area contributed by atoms with Crippen LogP contribution in [0.25, 0.3) is 0 Å². The van der Waals surface area contributed by atoms with Gasteiger partial charge < -0.3 is 24.3 Å². The van der Waals surface area contributed by atoms with Crippen molar-refractivity contribution in [3.63, 3.8) is 0 Å². The minimum Gasteiger partial charge on any atom is -0.483 e. The Hall–Kier alpha value is -3.00. The first kappa shape index (κ1) is 27.2. The van der Waals surface area contributed by atoms with Gasteiger partial charge in [0.15, 0.2) is 5.82 Å². The summed E-state index contributed by atoms with van der Waals surface area (Å²) in [6.07, 6.45) is 9.52. The third kappa shape index (κ3) is 9.09. The molecule has 0 atom stereocenters. The summed E-state index contributed by atoms with van der Waals surface area (Å²) >= 11 is 0. The predicted molar refractivity (Wildman–Crippen MR) is 120 cm³/mol. The van der Waals surface area contributed by atoms with Crippen molar-refractivity contribution < 1.29 is 29.3 Å². The Morgan fingerprint density at radius 3 is 2.24 bits per heavy atom. The number of ether oxygens (including phenoxy) is 2. The lowest BCUT2D eigenvalue weighted by Gasteiger charge is -2.47. The summed E-state index contributed by atoms with van der Waals surface area (Å²) in [5.41, 5.74) is 1.15. The summed E-state index contributed by atoms with van der Waals surface area (Å²) in [5, 5.41) is 21.5. The van der Waals surface area contributed by atoms with E-state index in [1.165, 1.54) is 0 Å². The summed E-state index contributed by atoms with van der Waals surface area (Å²) in [6, 6.07) is 0. The molecule has 2 aliphatic heterocycles. The van der Waals surface area contributed by atoms with Crippen molar-refractivity contribution >= 4 is 12.9 Å². The molecule has 0 bridgehead atoms. The van der Waals surface area contributed by atoms with E-state index < -0.39 is 0 Å². The molecule has 0 unspecified atom stereocenters. The van der Waals surface area contributed by atoms with Crippen LogP contribution in [0.4, 0.5) is 0 Å². The Balaban J connectivity index is 0.000000618. The van der Waals surface area contributed by atoms with Gasteiger partial charge in [0.1, 0.15) is 19.3 Å². The molecule has 0 saturated carbocycles. The molecule has 0 amide bonds. The largest absolute Gasteiger partial charge is 0.483 e.